The molecule has 0 spiro atoms. The van der Waals surface area contributed by atoms with Gasteiger partial charge in [-0.25, -0.2) is 4.39 Å². The van der Waals surface area contributed by atoms with Crippen LogP contribution in [0.1, 0.15) is 43.9 Å². The lowest BCUT2D eigenvalue weighted by Gasteiger charge is -2.19. The second-order valence-electron chi connectivity index (χ2n) is 4.64. The minimum Gasteiger partial charge on any atom is -0.309 e. The van der Waals surface area contributed by atoms with Gasteiger partial charge in [-0.1, -0.05) is 19.9 Å². The molecule has 1 N–H and O–H groups in total. The van der Waals surface area contributed by atoms with Crippen LogP contribution in [0.25, 0.3) is 0 Å². The van der Waals surface area contributed by atoms with Gasteiger partial charge in [-0.2, -0.15) is 11.8 Å². The number of benzene rings is 1. The molecule has 0 fully saturated rings. The van der Waals surface area contributed by atoms with Crippen LogP contribution in [0.15, 0.2) is 18.2 Å². The molecule has 0 aliphatic rings. The molecule has 0 radical (unpaired) electrons. The third kappa shape index (κ3) is 5.40. The normalized spacial score (nSPS) is 12.7. The van der Waals surface area contributed by atoms with Crippen LogP contribution in [-0.2, 0) is 0 Å². The molecule has 3 heteroatoms. The number of thioether (sulfide) groups is 1. The van der Waals surface area contributed by atoms with Crippen LogP contribution in [0, 0.1) is 12.7 Å². The van der Waals surface area contributed by atoms with Gasteiger partial charge in [-0.3, -0.25) is 0 Å². The van der Waals surface area contributed by atoms with E-state index in [0.717, 1.165) is 29.8 Å². The average Bonchev–Trinajstić information content (AvgIpc) is 2.32. The maximum Gasteiger partial charge on any atom is 0.123 e. The minimum atomic E-state index is -0.131. The summed E-state index contributed by atoms with van der Waals surface area (Å²) in [4.78, 5) is 0. The Morgan fingerprint density at radius 1 is 1.22 bits per heavy atom. The zero-order chi connectivity index (χ0) is 13.4. The number of nitrogens with one attached hydrogen (secondary N) is 1. The average molecular weight is 269 g/mol. The second-order valence-corrected chi connectivity index (χ2v) is 5.79. The third-order valence-corrected chi connectivity index (χ3v) is 4.01. The van der Waals surface area contributed by atoms with Crippen LogP contribution in [0.3, 0.4) is 0 Å². The maximum absolute atomic E-state index is 13.5. The highest BCUT2D eigenvalue weighted by Gasteiger charge is 2.12. The van der Waals surface area contributed by atoms with Gasteiger partial charge in [0.25, 0.3) is 0 Å². The van der Waals surface area contributed by atoms with E-state index in [-0.39, 0.29) is 11.9 Å². The Labute approximate surface area is 115 Å². The Bertz CT molecular complexity index is 334. The smallest absolute Gasteiger partial charge is 0.123 e. The fourth-order valence-corrected chi connectivity index (χ4v) is 2.90. The largest absolute Gasteiger partial charge is 0.309 e. The van der Waals surface area contributed by atoms with E-state index >= 15 is 0 Å². The molecule has 0 saturated carbocycles. The topological polar surface area (TPSA) is 12.0 Å². The molecule has 102 valence electrons. The van der Waals surface area contributed by atoms with E-state index in [1.807, 2.05) is 18.7 Å². The SMILES string of the molecule is CCCNC(CSCCC)c1cc(C)cc(F)c1. The van der Waals surface area contributed by atoms with E-state index in [2.05, 4.69) is 25.2 Å². The molecule has 1 aromatic carbocycles. The van der Waals surface area contributed by atoms with Gasteiger partial charge in [0, 0.05) is 11.8 Å². The van der Waals surface area contributed by atoms with Crippen molar-refractivity contribution >= 4 is 11.8 Å². The van der Waals surface area contributed by atoms with Gasteiger partial charge >= 0.3 is 0 Å². The van der Waals surface area contributed by atoms with Crippen LogP contribution in [0.2, 0.25) is 0 Å². The second kappa shape index (κ2) is 8.54. The van der Waals surface area contributed by atoms with Crippen molar-refractivity contribution in [2.45, 2.75) is 39.7 Å². The van der Waals surface area contributed by atoms with Gasteiger partial charge in [-0.15, -0.1) is 0 Å². The van der Waals surface area contributed by atoms with Gasteiger partial charge in [0.2, 0.25) is 0 Å². The fraction of sp³-hybridized carbons (Fsp3) is 0.600. The molecule has 1 aromatic rings. The Kier molecular flexibility index (Phi) is 7.36. The fourth-order valence-electron chi connectivity index (χ4n) is 1.90. The molecule has 0 aliphatic heterocycles. The van der Waals surface area contributed by atoms with E-state index in [0.29, 0.717) is 0 Å². The van der Waals surface area contributed by atoms with Gasteiger partial charge in [0.15, 0.2) is 0 Å². The molecule has 0 bridgehead atoms. The molecule has 0 saturated heterocycles. The molecule has 1 nitrogen and oxygen atoms in total. The van der Waals surface area contributed by atoms with Crippen molar-refractivity contribution in [1.82, 2.24) is 5.32 Å². The van der Waals surface area contributed by atoms with Gasteiger partial charge < -0.3 is 5.32 Å². The number of rotatable bonds is 8. The molecule has 18 heavy (non-hydrogen) atoms. The van der Waals surface area contributed by atoms with Crippen LogP contribution < -0.4 is 5.32 Å². The highest BCUT2D eigenvalue weighted by atomic mass is 32.2. The summed E-state index contributed by atoms with van der Waals surface area (Å²) < 4.78 is 13.5. The quantitative estimate of drug-likeness (QED) is 0.705. The van der Waals surface area contributed by atoms with E-state index in [1.165, 1.54) is 12.2 Å². The summed E-state index contributed by atoms with van der Waals surface area (Å²) in [5.74, 6) is 2.05. The molecule has 1 rings (SSSR count). The monoisotopic (exact) mass is 269 g/mol. The number of aryl methyl sites for hydroxylation is 1. The molecule has 0 amide bonds. The minimum absolute atomic E-state index is 0.131. The van der Waals surface area contributed by atoms with Gasteiger partial charge in [0.1, 0.15) is 5.82 Å². The van der Waals surface area contributed by atoms with Gasteiger partial charge in [-0.05, 0) is 55.3 Å². The lowest BCUT2D eigenvalue weighted by Crippen LogP contribution is -2.24. The zero-order valence-electron chi connectivity index (χ0n) is 11.6. The van der Waals surface area contributed by atoms with Crippen molar-refractivity contribution in [2.24, 2.45) is 0 Å². The molecule has 0 aliphatic carbocycles. The summed E-state index contributed by atoms with van der Waals surface area (Å²) in [5.41, 5.74) is 2.07. The van der Waals surface area contributed by atoms with E-state index in [1.54, 1.807) is 12.1 Å². The first-order valence-corrected chi connectivity index (χ1v) is 7.91. The summed E-state index contributed by atoms with van der Waals surface area (Å²) in [6, 6.07) is 5.59. The van der Waals surface area contributed by atoms with Crippen LogP contribution in [0.4, 0.5) is 4.39 Å². The van der Waals surface area contributed by atoms with Gasteiger partial charge in [0.05, 0.1) is 0 Å². The molecular formula is C15H24FNS. The summed E-state index contributed by atoms with van der Waals surface area (Å²) >= 11 is 1.93. The summed E-state index contributed by atoms with van der Waals surface area (Å²) in [5, 5.41) is 3.51. The predicted molar refractivity (Wildman–Crippen MR) is 79.8 cm³/mol. The molecule has 1 unspecified atom stereocenters. The van der Waals surface area contributed by atoms with Crippen LogP contribution in [0.5, 0.6) is 0 Å². The summed E-state index contributed by atoms with van der Waals surface area (Å²) in [6.45, 7) is 7.27. The highest BCUT2D eigenvalue weighted by molar-refractivity contribution is 7.99. The summed E-state index contributed by atoms with van der Waals surface area (Å²) in [7, 11) is 0. The lowest BCUT2D eigenvalue weighted by atomic mass is 10.1. The number of hydrogen-bond donors (Lipinski definition) is 1. The number of hydrogen-bond acceptors (Lipinski definition) is 2. The van der Waals surface area contributed by atoms with E-state index in [9.17, 15) is 4.39 Å². The molecule has 1 atom stereocenters. The maximum atomic E-state index is 13.5. The first kappa shape index (κ1) is 15.5. The molecule has 0 heterocycles. The third-order valence-electron chi connectivity index (χ3n) is 2.74. The van der Waals surface area contributed by atoms with E-state index in [4.69, 9.17) is 0 Å². The van der Waals surface area contributed by atoms with E-state index < -0.39 is 0 Å². The Morgan fingerprint density at radius 3 is 2.61 bits per heavy atom. The van der Waals surface area contributed by atoms with Crippen molar-refractivity contribution in [3.8, 4) is 0 Å². The molecular weight excluding hydrogens is 245 g/mol. The van der Waals surface area contributed by atoms with Crippen LogP contribution in [-0.4, -0.2) is 18.1 Å². The Balaban J connectivity index is 2.72. The standard InChI is InChI=1S/C15H24FNS/c1-4-6-17-15(11-18-7-5-2)13-8-12(3)9-14(16)10-13/h8-10,15,17H,4-7,11H2,1-3H3. The summed E-state index contributed by atoms with van der Waals surface area (Å²) in [6.07, 6.45) is 2.29. The zero-order valence-corrected chi connectivity index (χ0v) is 12.4. The predicted octanol–water partition coefficient (Wildman–Crippen LogP) is 4.32. The van der Waals surface area contributed by atoms with Crippen molar-refractivity contribution < 1.29 is 4.39 Å². The van der Waals surface area contributed by atoms with Crippen molar-refractivity contribution in [2.75, 3.05) is 18.1 Å². The first-order valence-electron chi connectivity index (χ1n) is 6.75. The Morgan fingerprint density at radius 2 is 2.00 bits per heavy atom. The van der Waals surface area contributed by atoms with Crippen molar-refractivity contribution in [3.63, 3.8) is 0 Å². The van der Waals surface area contributed by atoms with Crippen molar-refractivity contribution in [3.05, 3.63) is 35.1 Å². The first-order chi connectivity index (χ1) is 8.67. The van der Waals surface area contributed by atoms with Crippen LogP contribution >= 0.6 is 11.8 Å². The highest BCUT2D eigenvalue weighted by Crippen LogP contribution is 2.21. The Hall–Kier alpha value is -0.540. The number of halogens is 1. The molecule has 0 aromatic heterocycles. The lowest BCUT2D eigenvalue weighted by molar-refractivity contribution is 0.567. The van der Waals surface area contributed by atoms with Crippen molar-refractivity contribution in [1.29, 1.82) is 0 Å².